The molecule has 0 bridgehead atoms. The average Bonchev–Trinajstić information content (AvgIpc) is 2.42. The largest absolute Gasteiger partial charge is 0.478 e. The second-order valence-electron chi connectivity index (χ2n) is 4.99. The monoisotopic (exact) mass is 263 g/mol. The number of hydrogen-bond acceptors (Lipinski definition) is 4. The van der Waals surface area contributed by atoms with Crippen LogP contribution in [0.2, 0.25) is 0 Å². The van der Waals surface area contributed by atoms with E-state index in [-0.39, 0.29) is 5.91 Å². The molecule has 1 amide bonds. The molecule has 0 aliphatic heterocycles. The van der Waals surface area contributed by atoms with Crippen molar-refractivity contribution < 1.29 is 9.53 Å². The number of nitrogens with one attached hydrogen (secondary N) is 1. The molecule has 104 valence electrons. The Labute approximate surface area is 113 Å². The van der Waals surface area contributed by atoms with Crippen LogP contribution in [0, 0.1) is 0 Å². The van der Waals surface area contributed by atoms with Gasteiger partial charge < -0.3 is 15.8 Å². The van der Waals surface area contributed by atoms with E-state index in [0.29, 0.717) is 18.2 Å². The van der Waals surface area contributed by atoms with Gasteiger partial charge in [-0.3, -0.25) is 4.79 Å². The Morgan fingerprint density at radius 3 is 2.74 bits per heavy atom. The summed E-state index contributed by atoms with van der Waals surface area (Å²) in [7, 11) is 0. The number of amides is 1. The van der Waals surface area contributed by atoms with E-state index in [2.05, 4.69) is 10.3 Å². The molecule has 0 atom stereocenters. The zero-order valence-electron chi connectivity index (χ0n) is 11.3. The molecule has 1 aliphatic carbocycles. The van der Waals surface area contributed by atoms with Crippen molar-refractivity contribution in [3.05, 3.63) is 18.3 Å². The average molecular weight is 263 g/mol. The number of ether oxygens (including phenoxy) is 1. The predicted molar refractivity (Wildman–Crippen MR) is 74.0 cm³/mol. The summed E-state index contributed by atoms with van der Waals surface area (Å²) >= 11 is 0. The van der Waals surface area contributed by atoms with Gasteiger partial charge in [-0.15, -0.1) is 0 Å². The predicted octanol–water partition coefficient (Wildman–Crippen LogP) is 2.08. The molecule has 0 saturated heterocycles. The summed E-state index contributed by atoms with van der Waals surface area (Å²) in [6.45, 7) is 2.48. The number of hydrogen-bond donors (Lipinski definition) is 2. The number of carbonyl (C=O) groups excluding carboxylic acids is 1. The minimum atomic E-state index is -0.725. The van der Waals surface area contributed by atoms with Crippen LogP contribution in [0.4, 0.5) is 5.69 Å². The Morgan fingerprint density at radius 1 is 1.42 bits per heavy atom. The van der Waals surface area contributed by atoms with Gasteiger partial charge in [0.25, 0.3) is 0 Å². The van der Waals surface area contributed by atoms with Gasteiger partial charge in [0.15, 0.2) is 0 Å². The van der Waals surface area contributed by atoms with E-state index in [9.17, 15) is 4.79 Å². The summed E-state index contributed by atoms with van der Waals surface area (Å²) < 4.78 is 5.25. The molecule has 5 heteroatoms. The van der Waals surface area contributed by atoms with Gasteiger partial charge in [-0.2, -0.15) is 0 Å². The van der Waals surface area contributed by atoms with Gasteiger partial charge in [0.05, 0.1) is 24.0 Å². The van der Waals surface area contributed by atoms with E-state index in [1.165, 1.54) is 0 Å². The molecule has 0 spiro atoms. The van der Waals surface area contributed by atoms with E-state index < -0.39 is 5.54 Å². The van der Waals surface area contributed by atoms with Crippen LogP contribution in [0.5, 0.6) is 5.88 Å². The highest BCUT2D eigenvalue weighted by Gasteiger charge is 2.35. The Balaban J connectivity index is 1.98. The molecule has 0 unspecified atom stereocenters. The summed E-state index contributed by atoms with van der Waals surface area (Å²) in [6.07, 6.45) is 6.30. The molecular weight excluding hydrogens is 242 g/mol. The summed E-state index contributed by atoms with van der Waals surface area (Å²) in [4.78, 5) is 16.3. The van der Waals surface area contributed by atoms with E-state index in [1.54, 1.807) is 18.3 Å². The lowest BCUT2D eigenvalue weighted by atomic mass is 9.82. The molecule has 1 aromatic rings. The highest BCUT2D eigenvalue weighted by molar-refractivity contribution is 5.97. The highest BCUT2D eigenvalue weighted by Crippen LogP contribution is 2.27. The van der Waals surface area contributed by atoms with Crippen molar-refractivity contribution >= 4 is 11.6 Å². The smallest absolute Gasteiger partial charge is 0.244 e. The first-order chi connectivity index (χ1) is 9.14. The lowest BCUT2D eigenvalue weighted by Gasteiger charge is -2.31. The van der Waals surface area contributed by atoms with Gasteiger partial charge in [-0.05, 0) is 25.8 Å². The minimum absolute atomic E-state index is 0.113. The lowest BCUT2D eigenvalue weighted by molar-refractivity contribution is -0.122. The maximum atomic E-state index is 12.2. The van der Waals surface area contributed by atoms with Crippen LogP contribution in [-0.2, 0) is 4.79 Å². The SMILES string of the molecule is CCOc1ccc(NC(=O)C2(N)CCCCC2)cn1. The van der Waals surface area contributed by atoms with Crippen LogP contribution in [0.3, 0.4) is 0 Å². The third-order valence-corrected chi connectivity index (χ3v) is 3.48. The van der Waals surface area contributed by atoms with Gasteiger partial charge in [-0.25, -0.2) is 4.98 Å². The topological polar surface area (TPSA) is 77.2 Å². The van der Waals surface area contributed by atoms with E-state index >= 15 is 0 Å². The second-order valence-corrected chi connectivity index (χ2v) is 4.99. The van der Waals surface area contributed by atoms with Crippen molar-refractivity contribution in [2.45, 2.75) is 44.6 Å². The molecule has 2 rings (SSSR count). The van der Waals surface area contributed by atoms with Crippen LogP contribution >= 0.6 is 0 Å². The summed E-state index contributed by atoms with van der Waals surface area (Å²) in [5.74, 6) is 0.443. The number of anilines is 1. The van der Waals surface area contributed by atoms with Gasteiger partial charge in [0, 0.05) is 6.07 Å². The Morgan fingerprint density at radius 2 is 2.16 bits per heavy atom. The molecular formula is C14H21N3O2. The van der Waals surface area contributed by atoms with Crippen molar-refractivity contribution in [1.29, 1.82) is 0 Å². The number of aromatic nitrogens is 1. The quantitative estimate of drug-likeness (QED) is 0.872. The first-order valence-electron chi connectivity index (χ1n) is 6.83. The third kappa shape index (κ3) is 3.44. The normalized spacial score (nSPS) is 17.8. The fraction of sp³-hybridized carbons (Fsp3) is 0.571. The van der Waals surface area contributed by atoms with Crippen LogP contribution < -0.4 is 15.8 Å². The summed E-state index contributed by atoms with van der Waals surface area (Å²) in [5, 5.41) is 2.84. The van der Waals surface area contributed by atoms with Crippen LogP contribution in [0.15, 0.2) is 18.3 Å². The molecule has 0 radical (unpaired) electrons. The van der Waals surface area contributed by atoms with Crippen molar-refractivity contribution in [2.24, 2.45) is 5.73 Å². The fourth-order valence-corrected chi connectivity index (χ4v) is 2.35. The molecule has 0 aromatic carbocycles. The van der Waals surface area contributed by atoms with Gasteiger partial charge in [-0.1, -0.05) is 19.3 Å². The molecule has 19 heavy (non-hydrogen) atoms. The van der Waals surface area contributed by atoms with Crippen LogP contribution in [0.25, 0.3) is 0 Å². The van der Waals surface area contributed by atoms with Crippen molar-refractivity contribution in [1.82, 2.24) is 4.98 Å². The molecule has 5 nitrogen and oxygen atoms in total. The maximum absolute atomic E-state index is 12.2. The van der Waals surface area contributed by atoms with E-state index in [1.807, 2.05) is 6.92 Å². The van der Waals surface area contributed by atoms with Gasteiger partial charge in [0.2, 0.25) is 11.8 Å². The summed E-state index contributed by atoms with van der Waals surface area (Å²) in [6, 6.07) is 3.52. The number of pyridine rings is 1. The second kappa shape index (κ2) is 6.02. The van der Waals surface area contributed by atoms with Crippen LogP contribution in [0.1, 0.15) is 39.0 Å². The number of nitrogens with zero attached hydrogens (tertiary/aromatic N) is 1. The lowest BCUT2D eigenvalue weighted by Crippen LogP contribution is -2.52. The zero-order valence-corrected chi connectivity index (χ0v) is 11.3. The minimum Gasteiger partial charge on any atom is -0.478 e. The first kappa shape index (κ1) is 13.8. The van der Waals surface area contributed by atoms with E-state index in [0.717, 1.165) is 32.1 Å². The van der Waals surface area contributed by atoms with Crippen molar-refractivity contribution in [3.8, 4) is 5.88 Å². The first-order valence-corrected chi connectivity index (χ1v) is 6.83. The Bertz CT molecular complexity index is 425. The summed E-state index contributed by atoms with van der Waals surface area (Å²) in [5.41, 5.74) is 6.10. The van der Waals surface area contributed by atoms with E-state index in [4.69, 9.17) is 10.5 Å². The molecule has 3 N–H and O–H groups in total. The molecule has 1 fully saturated rings. The highest BCUT2D eigenvalue weighted by atomic mass is 16.5. The number of rotatable bonds is 4. The fourth-order valence-electron chi connectivity index (χ4n) is 2.35. The molecule has 1 saturated carbocycles. The zero-order chi connectivity index (χ0) is 13.7. The maximum Gasteiger partial charge on any atom is 0.244 e. The molecule has 1 aromatic heterocycles. The number of carbonyl (C=O) groups is 1. The number of nitrogens with two attached hydrogens (primary N) is 1. The van der Waals surface area contributed by atoms with Gasteiger partial charge >= 0.3 is 0 Å². The Kier molecular flexibility index (Phi) is 4.37. The van der Waals surface area contributed by atoms with Crippen LogP contribution in [-0.4, -0.2) is 23.0 Å². The standard InChI is InChI=1S/C14H21N3O2/c1-2-19-12-7-6-11(10-16-12)17-13(18)14(15)8-4-3-5-9-14/h6-7,10H,2-5,8-9,15H2,1H3,(H,17,18). The van der Waals surface area contributed by atoms with Crippen molar-refractivity contribution in [3.63, 3.8) is 0 Å². The van der Waals surface area contributed by atoms with Crippen molar-refractivity contribution in [2.75, 3.05) is 11.9 Å². The molecule has 1 heterocycles. The third-order valence-electron chi connectivity index (χ3n) is 3.48. The molecule has 1 aliphatic rings. The van der Waals surface area contributed by atoms with Gasteiger partial charge in [0.1, 0.15) is 0 Å². The Hall–Kier alpha value is -1.62.